The molecule has 0 bridgehead atoms. The first kappa shape index (κ1) is 14.3. The quantitative estimate of drug-likeness (QED) is 0.433. The lowest BCUT2D eigenvalue weighted by atomic mass is 10.1. The summed E-state index contributed by atoms with van der Waals surface area (Å²) in [6, 6.07) is 0. The van der Waals surface area contributed by atoms with Gasteiger partial charge in [0, 0.05) is 0 Å². The zero-order valence-electron chi connectivity index (χ0n) is 9.89. The molecule has 0 heterocycles. The lowest BCUT2D eigenvalue weighted by Crippen LogP contribution is -1.83. The SMILES string of the molecule is [CH2]CSCCCCCCCCCCC. The molecule has 1 radical (unpaired) electrons. The Morgan fingerprint density at radius 3 is 1.79 bits per heavy atom. The molecule has 0 atom stereocenters. The first-order chi connectivity index (χ1) is 6.91. The van der Waals surface area contributed by atoms with Crippen molar-refractivity contribution < 1.29 is 0 Å². The lowest BCUT2D eigenvalue weighted by molar-refractivity contribution is 0.573. The Morgan fingerprint density at radius 2 is 1.29 bits per heavy atom. The average Bonchev–Trinajstić information content (AvgIpc) is 2.21. The highest BCUT2D eigenvalue weighted by Gasteiger charge is 1.91. The second-order valence-corrected chi connectivity index (χ2v) is 5.17. The van der Waals surface area contributed by atoms with Gasteiger partial charge in [-0.1, -0.05) is 58.3 Å². The molecule has 0 aromatic carbocycles. The Bertz CT molecular complexity index is 79.2. The van der Waals surface area contributed by atoms with E-state index in [9.17, 15) is 0 Å². The highest BCUT2D eigenvalue weighted by Crippen LogP contribution is 2.11. The van der Waals surface area contributed by atoms with Crippen molar-refractivity contribution in [2.75, 3.05) is 11.5 Å². The van der Waals surface area contributed by atoms with Crippen molar-refractivity contribution in [2.45, 2.75) is 64.7 Å². The molecule has 0 spiro atoms. The molecule has 14 heavy (non-hydrogen) atoms. The molecule has 0 aliphatic carbocycles. The molecule has 0 saturated carbocycles. The van der Waals surface area contributed by atoms with Gasteiger partial charge in [-0.15, -0.1) is 0 Å². The van der Waals surface area contributed by atoms with Gasteiger partial charge in [0.1, 0.15) is 0 Å². The summed E-state index contributed by atoms with van der Waals surface area (Å²) in [6.45, 7) is 6.10. The third kappa shape index (κ3) is 12.3. The molecule has 1 heteroatoms. The van der Waals surface area contributed by atoms with Crippen molar-refractivity contribution in [2.24, 2.45) is 0 Å². The topological polar surface area (TPSA) is 0 Å². The van der Waals surface area contributed by atoms with E-state index in [-0.39, 0.29) is 0 Å². The minimum Gasteiger partial charge on any atom is -0.162 e. The van der Waals surface area contributed by atoms with E-state index in [0.717, 1.165) is 5.75 Å². The summed E-state index contributed by atoms with van der Waals surface area (Å²) in [4.78, 5) is 0. The van der Waals surface area contributed by atoms with Crippen LogP contribution in [0.1, 0.15) is 64.7 Å². The highest BCUT2D eigenvalue weighted by molar-refractivity contribution is 7.99. The summed E-state index contributed by atoms with van der Waals surface area (Å²) in [5, 5.41) is 0. The lowest BCUT2D eigenvalue weighted by Gasteiger charge is -2.01. The van der Waals surface area contributed by atoms with Crippen LogP contribution < -0.4 is 0 Å². The van der Waals surface area contributed by atoms with Crippen molar-refractivity contribution >= 4 is 11.8 Å². The number of hydrogen-bond acceptors (Lipinski definition) is 1. The zero-order valence-corrected chi connectivity index (χ0v) is 10.7. The normalized spacial score (nSPS) is 10.7. The first-order valence-electron chi connectivity index (χ1n) is 6.28. The summed E-state index contributed by atoms with van der Waals surface area (Å²) in [7, 11) is 0. The maximum absolute atomic E-state index is 3.82. The fourth-order valence-corrected chi connectivity index (χ4v) is 2.23. The second-order valence-electron chi connectivity index (χ2n) is 3.94. The zero-order chi connectivity index (χ0) is 10.5. The molecule has 0 aromatic heterocycles. The van der Waals surface area contributed by atoms with E-state index < -0.39 is 0 Å². The van der Waals surface area contributed by atoms with Gasteiger partial charge in [0.15, 0.2) is 0 Å². The molecule has 0 N–H and O–H groups in total. The molecule has 0 unspecified atom stereocenters. The molecule has 0 aliphatic heterocycles. The van der Waals surface area contributed by atoms with E-state index in [4.69, 9.17) is 0 Å². The molecule has 0 aromatic rings. The van der Waals surface area contributed by atoms with Crippen molar-refractivity contribution in [3.8, 4) is 0 Å². The molecule has 85 valence electrons. The number of hydrogen-bond donors (Lipinski definition) is 0. The van der Waals surface area contributed by atoms with E-state index in [0.29, 0.717) is 0 Å². The van der Waals surface area contributed by atoms with E-state index >= 15 is 0 Å². The standard InChI is InChI=1S/C13H27S/c1-3-5-6-7-8-9-10-11-12-13-14-4-2/h2-13H2,1H3. The Balaban J connectivity index is 2.78. The maximum Gasteiger partial charge on any atom is -0.00672 e. The van der Waals surface area contributed by atoms with Crippen molar-refractivity contribution in [1.82, 2.24) is 0 Å². The van der Waals surface area contributed by atoms with Crippen LogP contribution in [0.2, 0.25) is 0 Å². The molecule has 0 saturated heterocycles. The summed E-state index contributed by atoms with van der Waals surface area (Å²) >= 11 is 1.97. The second kappa shape index (κ2) is 13.4. The Hall–Kier alpha value is 0.350. The van der Waals surface area contributed by atoms with Gasteiger partial charge in [-0.25, -0.2) is 0 Å². The monoisotopic (exact) mass is 215 g/mol. The van der Waals surface area contributed by atoms with Crippen LogP contribution in [0.25, 0.3) is 0 Å². The Kier molecular flexibility index (Phi) is 13.7. The molecular formula is C13H27S. The van der Waals surface area contributed by atoms with Crippen molar-refractivity contribution in [3.05, 3.63) is 6.92 Å². The van der Waals surface area contributed by atoms with Gasteiger partial charge in [-0.05, 0) is 24.9 Å². The number of rotatable bonds is 11. The maximum atomic E-state index is 3.82. The van der Waals surface area contributed by atoms with Gasteiger partial charge in [0.25, 0.3) is 0 Å². The van der Waals surface area contributed by atoms with Gasteiger partial charge in [-0.2, -0.15) is 11.8 Å². The summed E-state index contributed by atoms with van der Waals surface area (Å²) in [6.07, 6.45) is 12.9. The van der Waals surface area contributed by atoms with Crippen LogP contribution in [0.3, 0.4) is 0 Å². The van der Waals surface area contributed by atoms with Crippen molar-refractivity contribution in [3.63, 3.8) is 0 Å². The van der Waals surface area contributed by atoms with Gasteiger partial charge >= 0.3 is 0 Å². The van der Waals surface area contributed by atoms with Crippen molar-refractivity contribution in [1.29, 1.82) is 0 Å². The van der Waals surface area contributed by atoms with E-state index in [1.165, 1.54) is 63.5 Å². The smallest absolute Gasteiger partial charge is 0.00672 e. The fraction of sp³-hybridized carbons (Fsp3) is 0.923. The van der Waals surface area contributed by atoms with Gasteiger partial charge in [0.2, 0.25) is 0 Å². The molecule has 0 amide bonds. The van der Waals surface area contributed by atoms with E-state index in [1.807, 2.05) is 11.8 Å². The van der Waals surface area contributed by atoms with Crippen LogP contribution in [0, 0.1) is 6.92 Å². The molecular weight excluding hydrogens is 188 g/mol. The summed E-state index contributed by atoms with van der Waals surface area (Å²) in [5.41, 5.74) is 0. The Morgan fingerprint density at radius 1 is 0.786 bits per heavy atom. The molecule has 0 rings (SSSR count). The largest absolute Gasteiger partial charge is 0.162 e. The predicted octanol–water partition coefficient (Wildman–Crippen LogP) is 5.08. The van der Waals surface area contributed by atoms with Crippen LogP contribution in [0.5, 0.6) is 0 Å². The van der Waals surface area contributed by atoms with Crippen LogP contribution in [-0.4, -0.2) is 11.5 Å². The van der Waals surface area contributed by atoms with Crippen LogP contribution >= 0.6 is 11.8 Å². The Labute approximate surface area is 95.2 Å². The summed E-state index contributed by atoms with van der Waals surface area (Å²) in [5.74, 6) is 2.36. The van der Waals surface area contributed by atoms with E-state index in [2.05, 4.69) is 13.8 Å². The van der Waals surface area contributed by atoms with Crippen LogP contribution in [-0.2, 0) is 0 Å². The molecule has 0 aliphatic rings. The first-order valence-corrected chi connectivity index (χ1v) is 7.44. The van der Waals surface area contributed by atoms with Crippen LogP contribution in [0.15, 0.2) is 0 Å². The fourth-order valence-electron chi connectivity index (χ4n) is 1.62. The van der Waals surface area contributed by atoms with Crippen LogP contribution in [0.4, 0.5) is 0 Å². The molecule has 0 fully saturated rings. The highest BCUT2D eigenvalue weighted by atomic mass is 32.2. The predicted molar refractivity (Wildman–Crippen MR) is 69.9 cm³/mol. The van der Waals surface area contributed by atoms with Gasteiger partial charge in [0.05, 0.1) is 0 Å². The number of unbranched alkanes of at least 4 members (excludes halogenated alkanes) is 8. The minimum absolute atomic E-state index is 1.04. The van der Waals surface area contributed by atoms with E-state index in [1.54, 1.807) is 0 Å². The number of thioether (sulfide) groups is 1. The van der Waals surface area contributed by atoms with Gasteiger partial charge in [-0.3, -0.25) is 0 Å². The molecule has 0 nitrogen and oxygen atoms in total. The van der Waals surface area contributed by atoms with Gasteiger partial charge < -0.3 is 0 Å². The average molecular weight is 215 g/mol. The summed E-state index contributed by atoms with van der Waals surface area (Å²) < 4.78 is 0. The minimum atomic E-state index is 1.04. The third-order valence-corrected chi connectivity index (χ3v) is 3.40. The third-order valence-electron chi connectivity index (χ3n) is 2.54.